The average molecular weight is 507 g/mol. The Bertz CT molecular complexity index is 1500. The van der Waals surface area contributed by atoms with Crippen LogP contribution in [0.5, 0.6) is 0 Å². The van der Waals surface area contributed by atoms with Gasteiger partial charge in [-0.15, -0.1) is 0 Å². The molecular formula is C37H34N2. The number of benzene rings is 5. The minimum Gasteiger partial charge on any atom is -0.356 e. The van der Waals surface area contributed by atoms with Crippen LogP contribution >= 0.6 is 0 Å². The zero-order chi connectivity index (χ0) is 26.7. The van der Waals surface area contributed by atoms with Gasteiger partial charge in [0.2, 0.25) is 0 Å². The van der Waals surface area contributed by atoms with Gasteiger partial charge in [0.1, 0.15) is 0 Å². The Morgan fingerprint density at radius 2 is 1.15 bits per heavy atom. The number of hydrogen-bond donors (Lipinski definition) is 1. The molecule has 0 unspecified atom stereocenters. The molecule has 1 N–H and O–H groups in total. The number of rotatable bonds is 10. The number of allylic oxidation sites excluding steroid dienone is 4. The molecule has 0 bridgehead atoms. The van der Waals surface area contributed by atoms with Crippen molar-refractivity contribution in [3.63, 3.8) is 0 Å². The molecule has 5 rings (SSSR count). The Balaban J connectivity index is 1.34. The molecule has 39 heavy (non-hydrogen) atoms. The standard InChI is InChI=1S/C37H34N2/c1-2-3-4-5-8-14-30-21-23-33(24-22-30)38-34-25-27-36(28-26-34)39(35-18-11-7-12-19-35)37-20-13-17-32(29-37)31-15-9-6-10-16-31/h2-7,9-13,15-29,38H,8,14H2,1H3/b3-2-,5-4-. The first-order valence-electron chi connectivity index (χ1n) is 13.5. The molecule has 0 saturated heterocycles. The van der Waals surface area contributed by atoms with Gasteiger partial charge < -0.3 is 10.2 Å². The maximum absolute atomic E-state index is 3.55. The third-order valence-corrected chi connectivity index (χ3v) is 6.63. The van der Waals surface area contributed by atoms with Gasteiger partial charge in [-0.2, -0.15) is 0 Å². The largest absolute Gasteiger partial charge is 0.356 e. The van der Waals surface area contributed by atoms with Crippen LogP contribution in [-0.4, -0.2) is 0 Å². The summed E-state index contributed by atoms with van der Waals surface area (Å²) < 4.78 is 0. The Kier molecular flexibility index (Phi) is 8.68. The number of hydrogen-bond acceptors (Lipinski definition) is 2. The first-order valence-corrected chi connectivity index (χ1v) is 13.5. The summed E-state index contributed by atoms with van der Waals surface area (Å²) in [5, 5.41) is 3.55. The van der Waals surface area contributed by atoms with Gasteiger partial charge in [0.15, 0.2) is 0 Å². The smallest absolute Gasteiger partial charge is 0.0467 e. The molecule has 0 radical (unpaired) electrons. The summed E-state index contributed by atoms with van der Waals surface area (Å²) in [4.78, 5) is 2.30. The molecule has 192 valence electrons. The SMILES string of the molecule is C/C=C\C=C/CCc1ccc(Nc2ccc(N(c3ccccc3)c3cccc(-c4ccccc4)c3)cc2)cc1. The number of aryl methyl sites for hydroxylation is 1. The first-order chi connectivity index (χ1) is 19.3. The predicted octanol–water partition coefficient (Wildman–Crippen LogP) is 10.6. The molecule has 5 aromatic carbocycles. The normalized spacial score (nSPS) is 11.2. The minimum atomic E-state index is 1.05. The van der Waals surface area contributed by atoms with Crippen molar-refractivity contribution in [3.8, 4) is 11.1 Å². The summed E-state index contributed by atoms with van der Waals surface area (Å²) in [6.07, 6.45) is 10.5. The lowest BCUT2D eigenvalue weighted by molar-refractivity contribution is 1.00. The van der Waals surface area contributed by atoms with E-state index in [0.29, 0.717) is 0 Å². The summed E-state index contributed by atoms with van der Waals surface area (Å²) >= 11 is 0. The van der Waals surface area contributed by atoms with Gasteiger partial charge in [-0.3, -0.25) is 0 Å². The van der Waals surface area contributed by atoms with Gasteiger partial charge in [-0.05, 0) is 97.1 Å². The lowest BCUT2D eigenvalue weighted by atomic mass is 10.0. The molecule has 0 fully saturated rings. The van der Waals surface area contributed by atoms with Gasteiger partial charge >= 0.3 is 0 Å². The van der Waals surface area contributed by atoms with Gasteiger partial charge in [0.25, 0.3) is 0 Å². The van der Waals surface area contributed by atoms with Crippen LogP contribution in [0.4, 0.5) is 28.4 Å². The maximum atomic E-state index is 3.55. The Hall–Kier alpha value is -4.82. The van der Waals surface area contributed by atoms with E-state index in [1.807, 2.05) is 13.0 Å². The molecule has 2 heteroatoms. The highest BCUT2D eigenvalue weighted by atomic mass is 15.1. The number of anilines is 5. The van der Waals surface area contributed by atoms with E-state index in [1.165, 1.54) is 16.7 Å². The molecule has 0 aliphatic carbocycles. The molecule has 0 aromatic heterocycles. The highest BCUT2D eigenvalue weighted by Crippen LogP contribution is 2.37. The predicted molar refractivity (Wildman–Crippen MR) is 169 cm³/mol. The number of nitrogens with zero attached hydrogens (tertiary/aromatic N) is 1. The van der Waals surface area contributed by atoms with Crippen LogP contribution in [0.3, 0.4) is 0 Å². The Morgan fingerprint density at radius 1 is 0.564 bits per heavy atom. The maximum Gasteiger partial charge on any atom is 0.0467 e. The molecular weight excluding hydrogens is 472 g/mol. The van der Waals surface area contributed by atoms with E-state index >= 15 is 0 Å². The first kappa shape index (κ1) is 25.8. The topological polar surface area (TPSA) is 15.3 Å². The van der Waals surface area contributed by atoms with E-state index in [0.717, 1.165) is 41.3 Å². The van der Waals surface area contributed by atoms with Crippen molar-refractivity contribution in [1.82, 2.24) is 0 Å². The number of para-hydroxylation sites is 1. The van der Waals surface area contributed by atoms with Crippen molar-refractivity contribution in [2.45, 2.75) is 19.8 Å². The fourth-order valence-corrected chi connectivity index (χ4v) is 4.63. The third kappa shape index (κ3) is 6.94. The Labute approximate surface area is 232 Å². The lowest BCUT2D eigenvalue weighted by Gasteiger charge is -2.26. The Morgan fingerprint density at radius 3 is 1.85 bits per heavy atom. The molecule has 0 saturated carbocycles. The van der Waals surface area contributed by atoms with Crippen molar-refractivity contribution in [1.29, 1.82) is 0 Å². The molecule has 0 amide bonds. The molecule has 0 aliphatic rings. The fourth-order valence-electron chi connectivity index (χ4n) is 4.63. The van der Waals surface area contributed by atoms with Crippen molar-refractivity contribution in [3.05, 3.63) is 163 Å². The van der Waals surface area contributed by atoms with Crippen LogP contribution < -0.4 is 10.2 Å². The summed E-state index contributed by atoms with van der Waals surface area (Å²) in [7, 11) is 0. The van der Waals surface area contributed by atoms with Crippen LogP contribution in [0.2, 0.25) is 0 Å². The molecule has 0 atom stereocenters. The van der Waals surface area contributed by atoms with Gasteiger partial charge in [-0.25, -0.2) is 0 Å². The van der Waals surface area contributed by atoms with Gasteiger partial charge in [-0.1, -0.05) is 97.1 Å². The summed E-state index contributed by atoms with van der Waals surface area (Å²) in [5.41, 5.74) is 9.26. The van der Waals surface area contributed by atoms with Crippen molar-refractivity contribution >= 4 is 28.4 Å². The monoisotopic (exact) mass is 506 g/mol. The second-order valence-electron chi connectivity index (χ2n) is 9.45. The number of nitrogens with one attached hydrogen (secondary N) is 1. The van der Waals surface area contributed by atoms with Crippen molar-refractivity contribution < 1.29 is 0 Å². The van der Waals surface area contributed by atoms with E-state index in [2.05, 4.69) is 162 Å². The zero-order valence-corrected chi connectivity index (χ0v) is 22.4. The average Bonchev–Trinajstić information content (AvgIpc) is 3.00. The summed E-state index contributed by atoms with van der Waals surface area (Å²) in [6.45, 7) is 2.04. The van der Waals surface area contributed by atoms with E-state index in [-0.39, 0.29) is 0 Å². The quantitative estimate of drug-likeness (QED) is 0.190. The zero-order valence-electron chi connectivity index (χ0n) is 22.4. The van der Waals surface area contributed by atoms with E-state index in [1.54, 1.807) is 0 Å². The second-order valence-corrected chi connectivity index (χ2v) is 9.45. The van der Waals surface area contributed by atoms with Gasteiger partial charge in [0.05, 0.1) is 0 Å². The molecule has 0 spiro atoms. The summed E-state index contributed by atoms with van der Waals surface area (Å²) in [6, 6.07) is 47.2. The van der Waals surface area contributed by atoms with E-state index < -0.39 is 0 Å². The van der Waals surface area contributed by atoms with Crippen LogP contribution in [0.25, 0.3) is 11.1 Å². The van der Waals surface area contributed by atoms with Crippen molar-refractivity contribution in [2.75, 3.05) is 10.2 Å². The molecule has 2 nitrogen and oxygen atoms in total. The molecule has 5 aromatic rings. The minimum absolute atomic E-state index is 1.05. The van der Waals surface area contributed by atoms with Crippen molar-refractivity contribution in [2.24, 2.45) is 0 Å². The van der Waals surface area contributed by atoms with E-state index in [9.17, 15) is 0 Å². The summed E-state index contributed by atoms with van der Waals surface area (Å²) in [5.74, 6) is 0. The van der Waals surface area contributed by atoms with Crippen LogP contribution in [0, 0.1) is 0 Å². The fraction of sp³-hybridized carbons (Fsp3) is 0.0811. The lowest BCUT2D eigenvalue weighted by Crippen LogP contribution is -2.09. The van der Waals surface area contributed by atoms with E-state index in [4.69, 9.17) is 0 Å². The van der Waals surface area contributed by atoms with Gasteiger partial charge in [0, 0.05) is 28.4 Å². The highest BCUT2D eigenvalue weighted by Gasteiger charge is 2.13. The molecule has 0 heterocycles. The van der Waals surface area contributed by atoms with Crippen LogP contribution in [-0.2, 0) is 6.42 Å². The highest BCUT2D eigenvalue weighted by molar-refractivity contribution is 5.80. The van der Waals surface area contributed by atoms with Crippen LogP contribution in [0.15, 0.2) is 158 Å². The molecule has 0 aliphatic heterocycles. The van der Waals surface area contributed by atoms with Crippen LogP contribution in [0.1, 0.15) is 18.9 Å². The second kappa shape index (κ2) is 13.1. The third-order valence-electron chi connectivity index (χ3n) is 6.63.